The van der Waals surface area contributed by atoms with Gasteiger partial charge in [0, 0.05) is 33.6 Å². The summed E-state index contributed by atoms with van der Waals surface area (Å²) in [5.41, 5.74) is 2.88. The van der Waals surface area contributed by atoms with Gasteiger partial charge in [0.1, 0.15) is 5.82 Å². The molecule has 0 saturated heterocycles. The number of carbonyl (C=O) groups is 1. The van der Waals surface area contributed by atoms with Crippen molar-refractivity contribution in [3.63, 3.8) is 0 Å². The number of aryl methyl sites for hydroxylation is 1. The van der Waals surface area contributed by atoms with Crippen molar-refractivity contribution in [3.8, 4) is 0 Å². The van der Waals surface area contributed by atoms with E-state index in [1.165, 1.54) is 23.1 Å². The van der Waals surface area contributed by atoms with Gasteiger partial charge in [0.2, 0.25) is 0 Å². The average molecular weight is 360 g/mol. The highest BCUT2D eigenvalue weighted by molar-refractivity contribution is 9.10. The summed E-state index contributed by atoms with van der Waals surface area (Å²) < 4.78 is 13.9. The van der Waals surface area contributed by atoms with Gasteiger partial charge in [0.05, 0.1) is 0 Å². The van der Waals surface area contributed by atoms with Gasteiger partial charge in [-0.2, -0.15) is 0 Å². The summed E-state index contributed by atoms with van der Waals surface area (Å²) in [6.45, 7) is 0. The van der Waals surface area contributed by atoms with Crippen molar-refractivity contribution >= 4 is 32.6 Å². The summed E-state index contributed by atoms with van der Waals surface area (Å²) >= 11 is 3.48. The Hall–Kier alpha value is -1.94. The fraction of sp³-hybridized carbons (Fsp3) is 0.167. The first-order valence-electron chi connectivity index (χ1n) is 7.18. The molecule has 0 radical (unpaired) electrons. The van der Waals surface area contributed by atoms with Crippen LogP contribution in [0.25, 0.3) is 10.9 Å². The molecule has 0 unspecified atom stereocenters. The second kappa shape index (κ2) is 6.44. The molecule has 112 valence electrons. The molecule has 0 bridgehead atoms. The normalized spacial score (nSPS) is 11.0. The second-order valence-corrected chi connectivity index (χ2v) is 6.20. The Morgan fingerprint density at radius 3 is 2.68 bits per heavy atom. The van der Waals surface area contributed by atoms with Gasteiger partial charge in [-0.1, -0.05) is 15.9 Å². The van der Waals surface area contributed by atoms with Gasteiger partial charge >= 0.3 is 0 Å². The van der Waals surface area contributed by atoms with Crippen LogP contribution in [0.1, 0.15) is 28.8 Å². The summed E-state index contributed by atoms with van der Waals surface area (Å²) in [5, 5.41) is 1.18. The minimum Gasteiger partial charge on any atom is -0.361 e. The first-order valence-corrected chi connectivity index (χ1v) is 7.97. The Balaban J connectivity index is 1.63. The number of H-pyrrole nitrogens is 1. The maximum atomic E-state index is 12.9. The lowest BCUT2D eigenvalue weighted by Crippen LogP contribution is -1.99. The van der Waals surface area contributed by atoms with Crippen LogP contribution >= 0.6 is 15.9 Å². The van der Waals surface area contributed by atoms with Crippen LogP contribution in [0, 0.1) is 5.82 Å². The first-order chi connectivity index (χ1) is 10.6. The van der Waals surface area contributed by atoms with Crippen molar-refractivity contribution in [2.24, 2.45) is 0 Å². The molecule has 4 heteroatoms. The molecule has 2 nitrogen and oxygen atoms in total. The Labute approximate surface area is 136 Å². The predicted octanol–water partition coefficient (Wildman–Crippen LogP) is 5.28. The number of benzene rings is 2. The zero-order chi connectivity index (χ0) is 15.5. The highest BCUT2D eigenvalue weighted by Gasteiger charge is 2.08. The van der Waals surface area contributed by atoms with Gasteiger partial charge in [0.15, 0.2) is 5.78 Å². The molecule has 0 atom stereocenters. The molecule has 0 aliphatic rings. The predicted molar refractivity (Wildman–Crippen MR) is 89.7 cm³/mol. The molecule has 0 aliphatic heterocycles. The molecule has 2 aromatic carbocycles. The Morgan fingerprint density at radius 1 is 1.14 bits per heavy atom. The lowest BCUT2D eigenvalue weighted by atomic mass is 10.0. The van der Waals surface area contributed by atoms with E-state index in [4.69, 9.17) is 0 Å². The number of hydrogen-bond donors (Lipinski definition) is 1. The Morgan fingerprint density at radius 2 is 1.91 bits per heavy atom. The van der Waals surface area contributed by atoms with E-state index < -0.39 is 0 Å². The van der Waals surface area contributed by atoms with E-state index in [-0.39, 0.29) is 11.6 Å². The summed E-state index contributed by atoms with van der Waals surface area (Å²) in [5.74, 6) is -0.262. The number of Topliss-reactive ketones (excluding diaryl/α,β-unsaturated/α-hetero) is 1. The van der Waals surface area contributed by atoms with Crippen LogP contribution in [0.3, 0.4) is 0 Å². The Bertz CT molecular complexity index is 808. The summed E-state index contributed by atoms with van der Waals surface area (Å²) in [6, 6.07) is 11.9. The fourth-order valence-electron chi connectivity index (χ4n) is 2.58. The largest absolute Gasteiger partial charge is 0.361 e. The molecule has 22 heavy (non-hydrogen) atoms. The zero-order valence-electron chi connectivity index (χ0n) is 11.9. The lowest BCUT2D eigenvalue weighted by molar-refractivity contribution is 0.0980. The lowest BCUT2D eigenvalue weighted by Gasteiger charge is -2.02. The minimum absolute atomic E-state index is 0.0565. The van der Waals surface area contributed by atoms with Gasteiger partial charge in [0.25, 0.3) is 0 Å². The topological polar surface area (TPSA) is 32.9 Å². The monoisotopic (exact) mass is 359 g/mol. The van der Waals surface area contributed by atoms with E-state index >= 15 is 0 Å². The van der Waals surface area contributed by atoms with E-state index in [2.05, 4.69) is 27.0 Å². The number of fused-ring (bicyclic) bond motifs is 1. The number of aromatic amines is 1. The van der Waals surface area contributed by atoms with Crippen molar-refractivity contribution < 1.29 is 9.18 Å². The quantitative estimate of drug-likeness (QED) is 0.618. The summed E-state index contributed by atoms with van der Waals surface area (Å²) in [6.07, 6.45) is 4.07. The number of ketones is 1. The highest BCUT2D eigenvalue weighted by atomic mass is 79.9. The molecule has 3 rings (SSSR count). The number of carbonyl (C=O) groups excluding carboxylic acids is 1. The molecule has 3 aromatic rings. The van der Waals surface area contributed by atoms with E-state index in [1.54, 1.807) is 12.1 Å². The Kier molecular flexibility index (Phi) is 4.39. The molecule has 1 heterocycles. The molecule has 1 aromatic heterocycles. The third kappa shape index (κ3) is 3.28. The van der Waals surface area contributed by atoms with Gasteiger partial charge < -0.3 is 4.98 Å². The summed E-state index contributed by atoms with van der Waals surface area (Å²) in [7, 11) is 0. The smallest absolute Gasteiger partial charge is 0.162 e. The SMILES string of the molecule is O=C(CCCc1c[nH]c2ccc(Br)cc12)c1ccc(F)cc1. The zero-order valence-corrected chi connectivity index (χ0v) is 13.5. The maximum absolute atomic E-state index is 12.9. The summed E-state index contributed by atoms with van der Waals surface area (Å²) in [4.78, 5) is 15.3. The van der Waals surface area contributed by atoms with Crippen LogP contribution in [-0.4, -0.2) is 10.8 Å². The van der Waals surface area contributed by atoms with Gasteiger partial charge in [-0.05, 0) is 60.9 Å². The molecule has 0 saturated carbocycles. The minimum atomic E-state index is -0.319. The molecular formula is C18H15BrFNO. The molecule has 0 aliphatic carbocycles. The van der Waals surface area contributed by atoms with Crippen LogP contribution in [0.15, 0.2) is 53.1 Å². The van der Waals surface area contributed by atoms with Crippen molar-refractivity contribution in [1.29, 1.82) is 0 Å². The van der Waals surface area contributed by atoms with Crippen LogP contribution in [0.5, 0.6) is 0 Å². The highest BCUT2D eigenvalue weighted by Crippen LogP contribution is 2.24. The number of halogens is 2. The number of nitrogens with one attached hydrogen (secondary N) is 1. The molecule has 1 N–H and O–H groups in total. The first kappa shape index (κ1) is 15.0. The van der Waals surface area contributed by atoms with Crippen molar-refractivity contribution in [2.45, 2.75) is 19.3 Å². The molecular weight excluding hydrogens is 345 g/mol. The number of hydrogen-bond acceptors (Lipinski definition) is 1. The third-order valence-electron chi connectivity index (χ3n) is 3.75. The van der Waals surface area contributed by atoms with Gasteiger partial charge in [-0.25, -0.2) is 4.39 Å². The van der Waals surface area contributed by atoms with Crippen molar-refractivity contribution in [2.75, 3.05) is 0 Å². The molecule has 0 fully saturated rings. The maximum Gasteiger partial charge on any atom is 0.162 e. The van der Waals surface area contributed by atoms with Gasteiger partial charge in [-0.3, -0.25) is 4.79 Å². The third-order valence-corrected chi connectivity index (χ3v) is 4.24. The second-order valence-electron chi connectivity index (χ2n) is 5.29. The van der Waals surface area contributed by atoms with Crippen molar-refractivity contribution in [1.82, 2.24) is 4.98 Å². The standard InChI is InChI=1S/C18H15BrFNO/c19-14-6-9-17-16(10-14)13(11-21-17)2-1-3-18(22)12-4-7-15(20)8-5-12/h4-11,21H,1-3H2. The van der Waals surface area contributed by atoms with Crippen LogP contribution in [0.4, 0.5) is 4.39 Å². The van der Waals surface area contributed by atoms with E-state index in [0.717, 1.165) is 22.8 Å². The van der Waals surface area contributed by atoms with E-state index in [9.17, 15) is 9.18 Å². The average Bonchev–Trinajstić information content (AvgIpc) is 2.90. The fourth-order valence-corrected chi connectivity index (χ4v) is 2.94. The molecule has 0 amide bonds. The van der Waals surface area contributed by atoms with E-state index in [1.807, 2.05) is 18.3 Å². The van der Waals surface area contributed by atoms with Gasteiger partial charge in [-0.15, -0.1) is 0 Å². The number of rotatable bonds is 5. The van der Waals surface area contributed by atoms with E-state index in [0.29, 0.717) is 12.0 Å². The van der Waals surface area contributed by atoms with Crippen LogP contribution in [0.2, 0.25) is 0 Å². The van der Waals surface area contributed by atoms with Crippen molar-refractivity contribution in [3.05, 3.63) is 70.1 Å². The van der Waals surface area contributed by atoms with Crippen LogP contribution in [-0.2, 0) is 6.42 Å². The molecule has 0 spiro atoms. The van der Waals surface area contributed by atoms with Crippen LogP contribution < -0.4 is 0 Å². The number of aromatic nitrogens is 1.